The van der Waals surface area contributed by atoms with Gasteiger partial charge in [-0.25, -0.2) is 5.84 Å². The van der Waals surface area contributed by atoms with E-state index in [1.54, 1.807) is 18.2 Å². The molecule has 0 unspecified atom stereocenters. The molecule has 0 saturated carbocycles. The normalized spacial score (nSPS) is 10.7. The minimum absolute atomic E-state index is 0.379. The first-order chi connectivity index (χ1) is 10.6. The molecule has 0 aliphatic rings. The fraction of sp³-hybridized carbons (Fsp3) is 0.118. The average molecular weight is 317 g/mol. The molecular weight excluding hydrogens is 300 g/mol. The van der Waals surface area contributed by atoms with E-state index in [4.69, 9.17) is 22.2 Å². The van der Waals surface area contributed by atoms with Crippen molar-refractivity contribution in [1.82, 2.24) is 5.43 Å². The maximum atomic E-state index is 11.0. The molecule has 22 heavy (non-hydrogen) atoms. The Morgan fingerprint density at radius 2 is 2.09 bits per heavy atom. The third-order valence-corrected chi connectivity index (χ3v) is 3.47. The zero-order valence-corrected chi connectivity index (χ0v) is 12.9. The number of hydrazine groups is 1. The number of nitrogens with one attached hydrogen (secondary N) is 1. The molecule has 0 saturated heterocycles. The van der Waals surface area contributed by atoms with Gasteiger partial charge in [-0.05, 0) is 41.8 Å². The fourth-order valence-corrected chi connectivity index (χ4v) is 2.13. The van der Waals surface area contributed by atoms with Crippen molar-refractivity contribution >= 4 is 23.6 Å². The Morgan fingerprint density at radius 3 is 2.77 bits per heavy atom. The lowest BCUT2D eigenvalue weighted by Crippen LogP contribution is -2.27. The molecule has 0 atom stereocenters. The molecule has 1 amide bonds. The number of nitrogens with two attached hydrogens (primary N) is 1. The summed E-state index contributed by atoms with van der Waals surface area (Å²) in [5, 5.41) is 0.490. The first kappa shape index (κ1) is 16.1. The summed E-state index contributed by atoms with van der Waals surface area (Å²) in [6.45, 7) is 2.49. The van der Waals surface area contributed by atoms with Gasteiger partial charge >= 0.3 is 0 Å². The second kappa shape index (κ2) is 7.64. The highest BCUT2D eigenvalue weighted by molar-refractivity contribution is 6.32. The van der Waals surface area contributed by atoms with Crippen LogP contribution in [-0.4, -0.2) is 5.91 Å². The third-order valence-electron chi connectivity index (χ3n) is 3.17. The van der Waals surface area contributed by atoms with Crippen LogP contribution in [0.25, 0.3) is 6.08 Å². The van der Waals surface area contributed by atoms with E-state index in [-0.39, 0.29) is 5.91 Å². The summed E-state index contributed by atoms with van der Waals surface area (Å²) < 4.78 is 5.75. The molecule has 2 aromatic carbocycles. The molecule has 0 aliphatic heterocycles. The van der Waals surface area contributed by atoms with E-state index in [2.05, 4.69) is 0 Å². The smallest absolute Gasteiger partial charge is 0.257 e. The number of carbonyl (C=O) groups is 1. The van der Waals surface area contributed by atoms with Crippen LogP contribution < -0.4 is 16.0 Å². The summed E-state index contributed by atoms with van der Waals surface area (Å²) in [7, 11) is 0. The lowest BCUT2D eigenvalue weighted by molar-refractivity contribution is -0.116. The lowest BCUT2D eigenvalue weighted by Gasteiger charge is -2.10. The van der Waals surface area contributed by atoms with E-state index < -0.39 is 0 Å². The topological polar surface area (TPSA) is 64.3 Å². The molecule has 0 aromatic heterocycles. The number of amides is 1. The van der Waals surface area contributed by atoms with Crippen molar-refractivity contribution < 1.29 is 9.53 Å². The van der Waals surface area contributed by atoms with Crippen LogP contribution in [-0.2, 0) is 11.4 Å². The standard InChI is InChI=1S/C17H17ClN2O2/c1-12-4-2-3-5-14(12)11-22-16-8-6-13(10-15(16)18)7-9-17(21)20-19/h2-10H,11,19H2,1H3,(H,20,21)/b9-7+. The predicted octanol–water partition coefficient (Wildman–Crippen LogP) is 3.23. The zero-order chi connectivity index (χ0) is 15.9. The van der Waals surface area contributed by atoms with E-state index in [1.807, 2.05) is 42.7 Å². The Bertz CT molecular complexity index is 699. The minimum Gasteiger partial charge on any atom is -0.487 e. The third kappa shape index (κ3) is 4.35. The van der Waals surface area contributed by atoms with Crippen LogP contribution in [0.15, 0.2) is 48.5 Å². The highest BCUT2D eigenvalue weighted by atomic mass is 35.5. The number of rotatable bonds is 5. The largest absolute Gasteiger partial charge is 0.487 e. The first-order valence-electron chi connectivity index (χ1n) is 6.75. The van der Waals surface area contributed by atoms with Crippen LogP contribution >= 0.6 is 11.6 Å². The molecule has 0 bridgehead atoms. The van der Waals surface area contributed by atoms with Crippen LogP contribution in [0.5, 0.6) is 5.75 Å². The van der Waals surface area contributed by atoms with E-state index in [1.165, 1.54) is 11.6 Å². The average Bonchev–Trinajstić information content (AvgIpc) is 2.53. The number of halogens is 1. The Hall–Kier alpha value is -2.30. The summed E-state index contributed by atoms with van der Waals surface area (Å²) in [5.74, 6) is 5.22. The van der Waals surface area contributed by atoms with Gasteiger partial charge in [0, 0.05) is 6.08 Å². The SMILES string of the molecule is Cc1ccccc1COc1ccc(/C=C/C(=O)NN)cc1Cl. The minimum atomic E-state index is -0.379. The van der Waals surface area contributed by atoms with Crippen LogP contribution in [0.4, 0.5) is 0 Å². The number of ether oxygens (including phenoxy) is 1. The maximum absolute atomic E-state index is 11.0. The second-order valence-electron chi connectivity index (χ2n) is 4.75. The maximum Gasteiger partial charge on any atom is 0.257 e. The summed E-state index contributed by atoms with van der Waals surface area (Å²) in [5.41, 5.74) is 5.10. The van der Waals surface area contributed by atoms with E-state index >= 15 is 0 Å². The lowest BCUT2D eigenvalue weighted by atomic mass is 10.1. The Kier molecular flexibility index (Phi) is 5.58. The van der Waals surface area contributed by atoms with Gasteiger partial charge < -0.3 is 4.74 Å². The number of hydrogen-bond acceptors (Lipinski definition) is 3. The zero-order valence-electron chi connectivity index (χ0n) is 12.2. The predicted molar refractivity (Wildman–Crippen MR) is 88.3 cm³/mol. The van der Waals surface area contributed by atoms with Crippen molar-refractivity contribution in [1.29, 1.82) is 0 Å². The number of benzene rings is 2. The number of hydrogen-bond donors (Lipinski definition) is 2. The van der Waals surface area contributed by atoms with Gasteiger partial charge in [-0.1, -0.05) is 41.9 Å². The number of carbonyl (C=O) groups excluding carboxylic acids is 1. The fourth-order valence-electron chi connectivity index (χ4n) is 1.89. The van der Waals surface area contributed by atoms with Gasteiger partial charge in [0.2, 0.25) is 0 Å². The highest BCUT2D eigenvalue weighted by Gasteiger charge is 2.04. The van der Waals surface area contributed by atoms with Gasteiger partial charge in [-0.2, -0.15) is 0 Å². The van der Waals surface area contributed by atoms with E-state index in [0.29, 0.717) is 17.4 Å². The van der Waals surface area contributed by atoms with Gasteiger partial charge in [-0.15, -0.1) is 0 Å². The van der Waals surface area contributed by atoms with Crippen LogP contribution in [0, 0.1) is 6.92 Å². The summed E-state index contributed by atoms with van der Waals surface area (Å²) >= 11 is 6.20. The van der Waals surface area contributed by atoms with Gasteiger partial charge in [0.15, 0.2) is 0 Å². The first-order valence-corrected chi connectivity index (χ1v) is 7.13. The van der Waals surface area contributed by atoms with Crippen LogP contribution in [0.1, 0.15) is 16.7 Å². The molecule has 2 rings (SSSR count). The molecule has 0 fully saturated rings. The quantitative estimate of drug-likeness (QED) is 0.385. The molecule has 2 aromatic rings. The molecule has 0 spiro atoms. The van der Waals surface area contributed by atoms with Crippen molar-refractivity contribution in [2.45, 2.75) is 13.5 Å². The Morgan fingerprint density at radius 1 is 1.32 bits per heavy atom. The molecule has 3 N–H and O–H groups in total. The van der Waals surface area contributed by atoms with Gasteiger partial charge in [0.25, 0.3) is 5.91 Å². The molecule has 114 valence electrons. The van der Waals surface area contributed by atoms with E-state index in [0.717, 1.165) is 11.1 Å². The van der Waals surface area contributed by atoms with Crippen molar-refractivity contribution in [2.75, 3.05) is 0 Å². The molecule has 0 heterocycles. The van der Waals surface area contributed by atoms with E-state index in [9.17, 15) is 4.79 Å². The van der Waals surface area contributed by atoms with Gasteiger partial charge in [0.05, 0.1) is 5.02 Å². The van der Waals surface area contributed by atoms with Crippen molar-refractivity contribution in [2.24, 2.45) is 5.84 Å². The highest BCUT2D eigenvalue weighted by Crippen LogP contribution is 2.27. The molecule has 4 nitrogen and oxygen atoms in total. The molecular formula is C17H17ClN2O2. The molecule has 5 heteroatoms. The number of aryl methyl sites for hydroxylation is 1. The second-order valence-corrected chi connectivity index (χ2v) is 5.15. The van der Waals surface area contributed by atoms with Crippen molar-refractivity contribution in [3.63, 3.8) is 0 Å². The molecule has 0 aliphatic carbocycles. The summed E-state index contributed by atoms with van der Waals surface area (Å²) in [6, 6.07) is 13.4. The van der Waals surface area contributed by atoms with Gasteiger partial charge in [-0.3, -0.25) is 10.2 Å². The van der Waals surface area contributed by atoms with Crippen molar-refractivity contribution in [3.05, 3.63) is 70.3 Å². The van der Waals surface area contributed by atoms with Gasteiger partial charge in [0.1, 0.15) is 12.4 Å². The molecule has 0 radical (unpaired) electrons. The Labute approximate surface area is 134 Å². The summed E-state index contributed by atoms with van der Waals surface area (Å²) in [4.78, 5) is 11.0. The summed E-state index contributed by atoms with van der Waals surface area (Å²) in [6.07, 6.45) is 2.96. The van der Waals surface area contributed by atoms with Crippen LogP contribution in [0.2, 0.25) is 5.02 Å². The van der Waals surface area contributed by atoms with Crippen molar-refractivity contribution in [3.8, 4) is 5.75 Å². The monoisotopic (exact) mass is 316 g/mol. The van der Waals surface area contributed by atoms with Crippen LogP contribution in [0.3, 0.4) is 0 Å². The Balaban J connectivity index is 2.05.